The van der Waals surface area contributed by atoms with Gasteiger partial charge in [0.05, 0.1) is 5.56 Å². The molecule has 6 nitrogen and oxygen atoms in total. The molecule has 0 aliphatic carbocycles. The summed E-state index contributed by atoms with van der Waals surface area (Å²) in [4.78, 5) is 22.4. The molecule has 15 heavy (non-hydrogen) atoms. The van der Waals surface area contributed by atoms with Crippen molar-refractivity contribution in [1.82, 2.24) is 15.8 Å². The fraction of sp³-hybridized carbons (Fsp3) is 0.556. The lowest BCUT2D eigenvalue weighted by molar-refractivity contribution is 0.0944. The fourth-order valence-electron chi connectivity index (χ4n) is 1.10. The van der Waals surface area contributed by atoms with Crippen LogP contribution in [0.1, 0.15) is 23.0 Å². The molecule has 0 aromatic carbocycles. The maximum atomic E-state index is 11.5. The van der Waals surface area contributed by atoms with Crippen molar-refractivity contribution in [3.8, 4) is 0 Å². The molecule has 1 heterocycles. The quantitative estimate of drug-likeness (QED) is 0.582. The van der Waals surface area contributed by atoms with Crippen molar-refractivity contribution >= 4 is 5.91 Å². The monoisotopic (exact) mass is 213 g/mol. The molecule has 1 aromatic heterocycles. The molecule has 0 saturated carbocycles. The van der Waals surface area contributed by atoms with Crippen LogP contribution in [0.4, 0.5) is 0 Å². The second-order valence-corrected chi connectivity index (χ2v) is 3.10. The summed E-state index contributed by atoms with van der Waals surface area (Å²) in [6.45, 7) is 5.60. The highest BCUT2D eigenvalue weighted by molar-refractivity contribution is 5.93. The Balaban J connectivity index is 2.47. The first-order chi connectivity index (χ1) is 7.16. The first kappa shape index (κ1) is 11.5. The van der Waals surface area contributed by atoms with Crippen molar-refractivity contribution in [2.75, 3.05) is 19.6 Å². The van der Waals surface area contributed by atoms with E-state index in [0.717, 1.165) is 6.54 Å². The Bertz CT molecular complexity index is 380. The van der Waals surface area contributed by atoms with Gasteiger partial charge in [-0.3, -0.25) is 4.79 Å². The van der Waals surface area contributed by atoms with E-state index in [0.29, 0.717) is 18.7 Å². The van der Waals surface area contributed by atoms with Gasteiger partial charge in [-0.1, -0.05) is 6.92 Å². The van der Waals surface area contributed by atoms with Crippen LogP contribution in [0.25, 0.3) is 0 Å². The van der Waals surface area contributed by atoms with E-state index < -0.39 is 5.63 Å². The minimum absolute atomic E-state index is 0.191. The van der Waals surface area contributed by atoms with Gasteiger partial charge >= 0.3 is 5.63 Å². The highest BCUT2D eigenvalue weighted by Gasteiger charge is 2.14. The van der Waals surface area contributed by atoms with Crippen LogP contribution in [0.15, 0.2) is 9.32 Å². The number of aromatic amines is 1. The molecule has 0 atom stereocenters. The summed E-state index contributed by atoms with van der Waals surface area (Å²) in [7, 11) is 0. The normalized spacial score (nSPS) is 10.3. The number of H-pyrrole nitrogens is 1. The smallest absolute Gasteiger partial charge is 0.349 e. The van der Waals surface area contributed by atoms with Crippen LogP contribution < -0.4 is 16.3 Å². The lowest BCUT2D eigenvalue weighted by Gasteiger charge is -2.03. The van der Waals surface area contributed by atoms with Gasteiger partial charge in [-0.15, -0.1) is 0 Å². The average molecular weight is 213 g/mol. The zero-order chi connectivity index (χ0) is 11.3. The lowest BCUT2D eigenvalue weighted by Crippen LogP contribution is -2.32. The van der Waals surface area contributed by atoms with Gasteiger partial charge in [0.2, 0.25) is 0 Å². The molecule has 0 spiro atoms. The summed E-state index contributed by atoms with van der Waals surface area (Å²) >= 11 is 0. The Morgan fingerprint density at radius 1 is 1.47 bits per heavy atom. The van der Waals surface area contributed by atoms with E-state index in [1.165, 1.54) is 0 Å². The first-order valence-electron chi connectivity index (χ1n) is 4.83. The second kappa shape index (κ2) is 5.35. The van der Waals surface area contributed by atoms with Gasteiger partial charge < -0.3 is 15.2 Å². The standard InChI is InChI=1S/C9H15N3O3/c1-3-10-4-5-11-8(13)7-6(2)9(14)15-12-7/h10,12H,3-5H2,1-2H3,(H,11,13). The highest BCUT2D eigenvalue weighted by atomic mass is 16.5. The van der Waals surface area contributed by atoms with Gasteiger partial charge in [0.1, 0.15) is 5.69 Å². The zero-order valence-electron chi connectivity index (χ0n) is 8.85. The van der Waals surface area contributed by atoms with Crippen molar-refractivity contribution in [3.05, 3.63) is 21.7 Å². The topological polar surface area (TPSA) is 87.1 Å². The van der Waals surface area contributed by atoms with E-state index in [-0.39, 0.29) is 11.6 Å². The molecular weight excluding hydrogens is 198 g/mol. The van der Waals surface area contributed by atoms with E-state index in [9.17, 15) is 9.59 Å². The predicted molar refractivity (Wildman–Crippen MR) is 54.9 cm³/mol. The maximum absolute atomic E-state index is 11.5. The van der Waals surface area contributed by atoms with Crippen LogP contribution >= 0.6 is 0 Å². The fourth-order valence-corrected chi connectivity index (χ4v) is 1.10. The van der Waals surface area contributed by atoms with Crippen molar-refractivity contribution in [3.63, 3.8) is 0 Å². The molecule has 0 aliphatic rings. The third-order valence-corrected chi connectivity index (χ3v) is 1.99. The molecule has 0 unspecified atom stereocenters. The maximum Gasteiger partial charge on any atom is 0.360 e. The molecule has 3 N–H and O–H groups in total. The van der Waals surface area contributed by atoms with Crippen molar-refractivity contribution < 1.29 is 9.32 Å². The summed E-state index contributed by atoms with van der Waals surface area (Å²) in [5, 5.41) is 8.02. The molecule has 0 aliphatic heterocycles. The molecule has 0 saturated heterocycles. The number of likely N-dealkylation sites (N-methyl/N-ethyl adjacent to an activating group) is 1. The Morgan fingerprint density at radius 2 is 2.20 bits per heavy atom. The second-order valence-electron chi connectivity index (χ2n) is 3.10. The van der Waals surface area contributed by atoms with Crippen molar-refractivity contribution in [2.45, 2.75) is 13.8 Å². The van der Waals surface area contributed by atoms with Crippen molar-refractivity contribution in [1.29, 1.82) is 0 Å². The van der Waals surface area contributed by atoms with Gasteiger partial charge in [-0.05, 0) is 13.5 Å². The lowest BCUT2D eigenvalue weighted by atomic mass is 10.2. The Morgan fingerprint density at radius 3 is 2.73 bits per heavy atom. The molecule has 84 valence electrons. The highest BCUT2D eigenvalue weighted by Crippen LogP contribution is 1.97. The molecule has 1 rings (SSSR count). The van der Waals surface area contributed by atoms with Gasteiger partial charge in [0, 0.05) is 13.1 Å². The van der Waals surface area contributed by atoms with Crippen molar-refractivity contribution in [2.24, 2.45) is 0 Å². The third-order valence-electron chi connectivity index (χ3n) is 1.99. The SMILES string of the molecule is CCNCCNC(=O)c1[nH]oc(=O)c1C. The summed E-state index contributed by atoms with van der Waals surface area (Å²) in [6.07, 6.45) is 0. The molecular formula is C9H15N3O3. The third kappa shape index (κ3) is 2.95. The van der Waals surface area contributed by atoms with Gasteiger partial charge in [0.25, 0.3) is 5.91 Å². The first-order valence-corrected chi connectivity index (χ1v) is 4.83. The summed E-state index contributed by atoms with van der Waals surface area (Å²) in [5.41, 5.74) is -0.0146. The minimum atomic E-state index is -0.508. The molecule has 1 amide bonds. The predicted octanol–water partition coefficient (Wildman–Crippen LogP) is -0.384. The Kier molecular flexibility index (Phi) is 4.11. The number of amides is 1. The Hall–Kier alpha value is -1.56. The van der Waals surface area contributed by atoms with E-state index >= 15 is 0 Å². The van der Waals surface area contributed by atoms with Crippen LogP contribution in [-0.2, 0) is 0 Å². The molecule has 0 fully saturated rings. The van der Waals surface area contributed by atoms with Gasteiger partial charge in [-0.2, -0.15) is 0 Å². The molecule has 6 heteroatoms. The van der Waals surface area contributed by atoms with Crippen LogP contribution in [0, 0.1) is 6.92 Å². The average Bonchev–Trinajstić information content (AvgIpc) is 2.55. The van der Waals surface area contributed by atoms with E-state index in [4.69, 9.17) is 0 Å². The molecule has 0 bridgehead atoms. The zero-order valence-corrected chi connectivity index (χ0v) is 8.85. The van der Waals surface area contributed by atoms with Crippen LogP contribution in [0.5, 0.6) is 0 Å². The van der Waals surface area contributed by atoms with Crippen LogP contribution in [0.3, 0.4) is 0 Å². The summed E-state index contributed by atoms with van der Waals surface area (Å²) in [5.74, 6) is -0.323. The largest absolute Gasteiger partial charge is 0.360 e. The number of rotatable bonds is 5. The van der Waals surface area contributed by atoms with E-state index in [2.05, 4.69) is 20.3 Å². The van der Waals surface area contributed by atoms with Gasteiger partial charge in [-0.25, -0.2) is 9.95 Å². The number of nitrogens with one attached hydrogen (secondary N) is 3. The van der Waals surface area contributed by atoms with E-state index in [1.54, 1.807) is 6.92 Å². The number of hydrogen-bond acceptors (Lipinski definition) is 4. The number of hydrogen-bond donors (Lipinski definition) is 3. The van der Waals surface area contributed by atoms with Crippen LogP contribution in [-0.4, -0.2) is 30.7 Å². The minimum Gasteiger partial charge on any atom is -0.349 e. The van der Waals surface area contributed by atoms with Gasteiger partial charge in [0.15, 0.2) is 0 Å². The summed E-state index contributed by atoms with van der Waals surface area (Å²) in [6, 6.07) is 0. The van der Waals surface area contributed by atoms with E-state index in [1.807, 2.05) is 6.92 Å². The number of carbonyl (C=O) groups excluding carboxylic acids is 1. The van der Waals surface area contributed by atoms with Crippen LogP contribution in [0.2, 0.25) is 0 Å². The number of carbonyl (C=O) groups is 1. The molecule has 1 aromatic rings. The summed E-state index contributed by atoms with van der Waals surface area (Å²) < 4.78 is 4.49. The molecule has 0 radical (unpaired) electrons. The Labute approximate surface area is 87.0 Å². The number of aromatic nitrogens is 1.